The predicted molar refractivity (Wildman–Crippen MR) is 100 cm³/mol. The first-order valence-corrected chi connectivity index (χ1v) is 9.36. The maximum absolute atomic E-state index is 12.5. The van der Waals surface area contributed by atoms with Crippen LogP contribution >= 0.6 is 0 Å². The molecule has 0 radical (unpaired) electrons. The Morgan fingerprint density at radius 1 is 1.19 bits per heavy atom. The molecule has 2 atom stereocenters. The van der Waals surface area contributed by atoms with Gasteiger partial charge in [-0.1, -0.05) is 0 Å². The van der Waals surface area contributed by atoms with Crippen molar-refractivity contribution in [3.8, 4) is 5.75 Å². The van der Waals surface area contributed by atoms with Crippen molar-refractivity contribution in [2.75, 3.05) is 31.1 Å². The molecule has 0 N–H and O–H groups in total. The van der Waals surface area contributed by atoms with Crippen molar-refractivity contribution in [2.24, 2.45) is 0 Å². The van der Waals surface area contributed by atoms with Crippen molar-refractivity contribution >= 4 is 23.3 Å². The number of carbonyl (C=O) groups excluding carboxylic acids is 3. The highest BCUT2D eigenvalue weighted by Crippen LogP contribution is 2.33. The summed E-state index contributed by atoms with van der Waals surface area (Å²) >= 11 is 0. The topological polar surface area (TPSA) is 76.2 Å². The summed E-state index contributed by atoms with van der Waals surface area (Å²) in [5, 5.41) is 0. The number of nitrogens with zero attached hydrogens (tertiary/aromatic N) is 2. The van der Waals surface area contributed by atoms with E-state index in [9.17, 15) is 14.4 Å². The van der Waals surface area contributed by atoms with Gasteiger partial charge in [-0.15, -0.1) is 0 Å². The average molecular weight is 374 g/mol. The van der Waals surface area contributed by atoms with Crippen LogP contribution < -0.4 is 9.64 Å². The van der Waals surface area contributed by atoms with Gasteiger partial charge in [-0.2, -0.15) is 0 Å². The van der Waals surface area contributed by atoms with E-state index in [-0.39, 0.29) is 36.4 Å². The van der Waals surface area contributed by atoms with E-state index in [0.717, 1.165) is 0 Å². The molecule has 0 saturated carbocycles. The van der Waals surface area contributed by atoms with Gasteiger partial charge in [0.25, 0.3) is 5.91 Å². The third-order valence-corrected chi connectivity index (χ3v) is 4.85. The SMILES string of the molecule is CC(=O)c1ccc2c(c1)N(CCCC(=O)N1C[C@@H](C)O[C@@H](C)C1)C(=O)CO2. The molecule has 1 saturated heterocycles. The number of amides is 2. The number of benzene rings is 1. The van der Waals surface area contributed by atoms with Gasteiger partial charge in [-0.05, 0) is 45.4 Å². The highest BCUT2D eigenvalue weighted by Gasteiger charge is 2.28. The Balaban J connectivity index is 1.62. The molecule has 27 heavy (non-hydrogen) atoms. The highest BCUT2D eigenvalue weighted by molar-refractivity contribution is 6.01. The highest BCUT2D eigenvalue weighted by atomic mass is 16.5. The Hall–Kier alpha value is -2.41. The molecule has 2 heterocycles. The Morgan fingerprint density at radius 3 is 2.56 bits per heavy atom. The van der Waals surface area contributed by atoms with Gasteiger partial charge < -0.3 is 19.3 Å². The predicted octanol–water partition coefficient (Wildman–Crippen LogP) is 2.03. The Bertz CT molecular complexity index is 738. The third kappa shape index (κ3) is 4.47. The molecule has 0 unspecified atom stereocenters. The number of carbonyl (C=O) groups is 3. The molecule has 7 heteroatoms. The van der Waals surface area contributed by atoms with Gasteiger partial charge >= 0.3 is 0 Å². The van der Waals surface area contributed by atoms with E-state index in [2.05, 4.69) is 0 Å². The maximum atomic E-state index is 12.5. The van der Waals surface area contributed by atoms with E-state index in [1.807, 2.05) is 18.7 Å². The van der Waals surface area contributed by atoms with Crippen molar-refractivity contribution < 1.29 is 23.9 Å². The Morgan fingerprint density at radius 2 is 1.89 bits per heavy atom. The van der Waals surface area contributed by atoms with Crippen LogP contribution in [0.1, 0.15) is 44.0 Å². The second kappa shape index (κ2) is 8.08. The summed E-state index contributed by atoms with van der Waals surface area (Å²) in [4.78, 5) is 39.9. The van der Waals surface area contributed by atoms with Crippen LogP contribution in [0.25, 0.3) is 0 Å². The van der Waals surface area contributed by atoms with E-state index in [1.165, 1.54) is 6.92 Å². The molecular weight excluding hydrogens is 348 g/mol. The van der Waals surface area contributed by atoms with Crippen molar-refractivity contribution in [1.82, 2.24) is 4.90 Å². The zero-order chi connectivity index (χ0) is 19.6. The van der Waals surface area contributed by atoms with E-state index < -0.39 is 0 Å². The average Bonchev–Trinajstić information content (AvgIpc) is 2.62. The number of hydrogen-bond acceptors (Lipinski definition) is 5. The monoisotopic (exact) mass is 374 g/mol. The molecule has 0 bridgehead atoms. The van der Waals surface area contributed by atoms with Gasteiger partial charge in [-0.25, -0.2) is 0 Å². The number of anilines is 1. The standard InChI is InChI=1S/C20H26N2O5/c1-13-10-21(11-14(2)27-13)19(24)5-4-8-22-17-9-16(15(3)23)6-7-18(17)26-12-20(22)25/h6-7,9,13-14H,4-5,8,10-12H2,1-3H3/t13-,14+. The van der Waals surface area contributed by atoms with Crippen LogP contribution in [0.5, 0.6) is 5.75 Å². The maximum Gasteiger partial charge on any atom is 0.265 e. The van der Waals surface area contributed by atoms with E-state index >= 15 is 0 Å². The van der Waals surface area contributed by atoms with Crippen LogP contribution in [-0.2, 0) is 14.3 Å². The van der Waals surface area contributed by atoms with Gasteiger partial charge in [0.2, 0.25) is 5.91 Å². The molecule has 146 valence electrons. The normalized spacial score (nSPS) is 22.3. The smallest absolute Gasteiger partial charge is 0.265 e. The molecule has 2 amide bonds. The summed E-state index contributed by atoms with van der Waals surface area (Å²) in [5.41, 5.74) is 1.13. The summed E-state index contributed by atoms with van der Waals surface area (Å²) in [6, 6.07) is 5.09. The quantitative estimate of drug-likeness (QED) is 0.737. The Labute approximate surface area is 159 Å². The molecule has 1 aromatic rings. The fourth-order valence-corrected chi connectivity index (χ4v) is 3.59. The van der Waals surface area contributed by atoms with Crippen LogP contribution in [0.2, 0.25) is 0 Å². The van der Waals surface area contributed by atoms with Gasteiger partial charge in [-0.3, -0.25) is 14.4 Å². The van der Waals surface area contributed by atoms with E-state index in [1.54, 1.807) is 23.1 Å². The number of morpholine rings is 1. The van der Waals surface area contributed by atoms with Crippen molar-refractivity contribution in [2.45, 2.75) is 45.8 Å². The lowest BCUT2D eigenvalue weighted by Gasteiger charge is -2.35. The third-order valence-electron chi connectivity index (χ3n) is 4.85. The first kappa shape index (κ1) is 19.4. The summed E-state index contributed by atoms with van der Waals surface area (Å²) < 4.78 is 11.1. The second-order valence-corrected chi connectivity index (χ2v) is 7.23. The molecule has 2 aliphatic rings. The first-order chi connectivity index (χ1) is 12.8. The largest absolute Gasteiger partial charge is 0.482 e. The van der Waals surface area contributed by atoms with Crippen molar-refractivity contribution in [3.05, 3.63) is 23.8 Å². The van der Waals surface area contributed by atoms with Gasteiger partial charge in [0.1, 0.15) is 5.75 Å². The number of Topliss-reactive ketones (excluding diaryl/α,β-unsaturated/α-hetero) is 1. The molecule has 1 aromatic carbocycles. The molecule has 0 spiro atoms. The van der Waals surface area contributed by atoms with E-state index in [4.69, 9.17) is 9.47 Å². The molecule has 1 fully saturated rings. The number of ketones is 1. The summed E-state index contributed by atoms with van der Waals surface area (Å²) in [6.07, 6.45) is 0.992. The lowest BCUT2D eigenvalue weighted by atomic mass is 10.1. The van der Waals surface area contributed by atoms with Crippen LogP contribution in [0.15, 0.2) is 18.2 Å². The molecule has 2 aliphatic heterocycles. The summed E-state index contributed by atoms with van der Waals surface area (Å²) in [7, 11) is 0. The molecule has 3 rings (SSSR count). The molecule has 0 aromatic heterocycles. The first-order valence-electron chi connectivity index (χ1n) is 9.36. The van der Waals surface area contributed by atoms with Gasteiger partial charge in [0, 0.05) is 31.6 Å². The van der Waals surface area contributed by atoms with Crippen LogP contribution in [-0.4, -0.2) is 60.9 Å². The zero-order valence-electron chi connectivity index (χ0n) is 16.1. The summed E-state index contributed by atoms with van der Waals surface area (Å²) in [5.74, 6) is 0.433. The molecular formula is C20H26N2O5. The molecule has 0 aliphatic carbocycles. The second-order valence-electron chi connectivity index (χ2n) is 7.23. The lowest BCUT2D eigenvalue weighted by molar-refractivity contribution is -0.143. The zero-order valence-corrected chi connectivity index (χ0v) is 16.1. The number of rotatable bonds is 5. The van der Waals surface area contributed by atoms with Crippen LogP contribution in [0, 0.1) is 0 Å². The number of hydrogen-bond donors (Lipinski definition) is 0. The van der Waals surface area contributed by atoms with E-state index in [0.29, 0.717) is 49.5 Å². The van der Waals surface area contributed by atoms with Crippen molar-refractivity contribution in [1.29, 1.82) is 0 Å². The van der Waals surface area contributed by atoms with Crippen molar-refractivity contribution in [3.63, 3.8) is 0 Å². The molecule has 7 nitrogen and oxygen atoms in total. The fourth-order valence-electron chi connectivity index (χ4n) is 3.59. The number of ether oxygens (including phenoxy) is 2. The van der Waals surface area contributed by atoms with Gasteiger partial charge in [0.05, 0.1) is 17.9 Å². The Kier molecular flexibility index (Phi) is 5.79. The summed E-state index contributed by atoms with van der Waals surface area (Å²) in [6.45, 7) is 7.00. The minimum Gasteiger partial charge on any atom is -0.482 e. The minimum atomic E-state index is -0.163. The fraction of sp³-hybridized carbons (Fsp3) is 0.550. The van der Waals surface area contributed by atoms with Crippen LogP contribution in [0.4, 0.5) is 5.69 Å². The number of fused-ring (bicyclic) bond motifs is 1. The lowest BCUT2D eigenvalue weighted by Crippen LogP contribution is -2.48. The van der Waals surface area contributed by atoms with Gasteiger partial charge in [0.15, 0.2) is 12.4 Å². The van der Waals surface area contributed by atoms with Crippen LogP contribution in [0.3, 0.4) is 0 Å². The minimum absolute atomic E-state index is 0.0289.